The molecule has 0 radical (unpaired) electrons. The average Bonchev–Trinajstić information content (AvgIpc) is 2.68. The highest BCUT2D eigenvalue weighted by molar-refractivity contribution is 9.10. The molecule has 3 heteroatoms. The van der Waals surface area contributed by atoms with Gasteiger partial charge in [-0.25, -0.2) is 0 Å². The molecule has 1 heterocycles. The Bertz CT molecular complexity index is 349. The third-order valence-corrected chi connectivity index (χ3v) is 3.55. The molecule has 88 valence electrons. The van der Waals surface area contributed by atoms with Crippen LogP contribution in [0.4, 0.5) is 5.69 Å². The molecule has 2 rings (SSSR count). The zero-order valence-corrected chi connectivity index (χ0v) is 11.4. The summed E-state index contributed by atoms with van der Waals surface area (Å²) in [5, 5.41) is 3.55. The first-order valence-electron chi connectivity index (χ1n) is 5.75. The molecule has 2 nitrogen and oxygen atoms in total. The van der Waals surface area contributed by atoms with Gasteiger partial charge in [-0.2, -0.15) is 0 Å². The van der Waals surface area contributed by atoms with Crippen molar-refractivity contribution in [1.29, 1.82) is 0 Å². The predicted molar refractivity (Wildman–Crippen MR) is 71.0 cm³/mol. The average molecular weight is 284 g/mol. The highest BCUT2D eigenvalue weighted by Crippen LogP contribution is 2.25. The first-order chi connectivity index (χ1) is 7.66. The molecular weight excluding hydrogens is 266 g/mol. The van der Waals surface area contributed by atoms with Crippen LogP contribution >= 0.6 is 15.9 Å². The minimum atomic E-state index is 0.669. The predicted octanol–water partition coefficient (Wildman–Crippen LogP) is 3.51. The van der Waals surface area contributed by atoms with Gasteiger partial charge in [0.2, 0.25) is 0 Å². The topological polar surface area (TPSA) is 21.3 Å². The number of aryl methyl sites for hydroxylation is 2. The number of rotatable bonds is 3. The van der Waals surface area contributed by atoms with Crippen LogP contribution in [-0.4, -0.2) is 19.8 Å². The molecule has 1 N–H and O–H groups in total. The molecule has 1 aliphatic rings. The molecule has 1 unspecified atom stereocenters. The zero-order chi connectivity index (χ0) is 11.5. The van der Waals surface area contributed by atoms with Gasteiger partial charge in [-0.05, 0) is 43.5 Å². The third-order valence-electron chi connectivity index (χ3n) is 3.09. The van der Waals surface area contributed by atoms with E-state index in [0.29, 0.717) is 5.92 Å². The van der Waals surface area contributed by atoms with Crippen LogP contribution in [0.1, 0.15) is 17.5 Å². The van der Waals surface area contributed by atoms with E-state index in [2.05, 4.69) is 47.2 Å². The smallest absolute Gasteiger partial charge is 0.0511 e. The van der Waals surface area contributed by atoms with Crippen LogP contribution in [0.15, 0.2) is 16.6 Å². The van der Waals surface area contributed by atoms with Crippen molar-refractivity contribution in [3.8, 4) is 0 Å². The van der Waals surface area contributed by atoms with E-state index in [1.54, 1.807) is 0 Å². The molecule has 1 aliphatic heterocycles. The summed E-state index contributed by atoms with van der Waals surface area (Å²) in [7, 11) is 0. The quantitative estimate of drug-likeness (QED) is 0.917. The fraction of sp³-hybridized carbons (Fsp3) is 0.538. The molecule has 0 spiro atoms. The summed E-state index contributed by atoms with van der Waals surface area (Å²) in [5.74, 6) is 0.669. The van der Waals surface area contributed by atoms with E-state index >= 15 is 0 Å². The lowest BCUT2D eigenvalue weighted by Gasteiger charge is -2.15. The zero-order valence-electron chi connectivity index (χ0n) is 9.85. The standard InChI is InChI=1S/C13H18BrNO/c1-9-5-12(14)6-10(2)13(9)15-7-11-3-4-16-8-11/h5-6,11,15H,3-4,7-8H2,1-2H3. The number of halogens is 1. The van der Waals surface area contributed by atoms with Crippen molar-refractivity contribution in [1.82, 2.24) is 0 Å². The van der Waals surface area contributed by atoms with Gasteiger partial charge in [0.1, 0.15) is 0 Å². The van der Waals surface area contributed by atoms with E-state index in [-0.39, 0.29) is 0 Å². The van der Waals surface area contributed by atoms with E-state index in [1.165, 1.54) is 23.2 Å². The van der Waals surface area contributed by atoms with Crippen molar-refractivity contribution >= 4 is 21.6 Å². The summed E-state index contributed by atoms with van der Waals surface area (Å²) in [6, 6.07) is 4.31. The number of nitrogens with one attached hydrogen (secondary N) is 1. The summed E-state index contributed by atoms with van der Waals surface area (Å²) < 4.78 is 6.53. The summed E-state index contributed by atoms with van der Waals surface area (Å²) in [4.78, 5) is 0. The number of benzene rings is 1. The van der Waals surface area contributed by atoms with Crippen molar-refractivity contribution in [2.75, 3.05) is 25.1 Å². The first kappa shape index (κ1) is 11.9. The Labute approximate surface area is 106 Å². The van der Waals surface area contributed by atoms with Crippen LogP contribution in [0.25, 0.3) is 0 Å². The monoisotopic (exact) mass is 283 g/mol. The van der Waals surface area contributed by atoms with Crippen molar-refractivity contribution in [3.05, 3.63) is 27.7 Å². The van der Waals surface area contributed by atoms with Gasteiger partial charge >= 0.3 is 0 Å². The van der Waals surface area contributed by atoms with Crippen LogP contribution in [0.3, 0.4) is 0 Å². The molecule has 0 saturated carbocycles. The lowest BCUT2D eigenvalue weighted by atomic mass is 10.1. The largest absolute Gasteiger partial charge is 0.384 e. The molecule has 1 saturated heterocycles. The summed E-state index contributed by atoms with van der Waals surface area (Å²) in [6.07, 6.45) is 1.18. The normalized spacial score (nSPS) is 20.1. The van der Waals surface area contributed by atoms with Gasteiger partial charge < -0.3 is 10.1 Å². The molecule has 0 bridgehead atoms. The van der Waals surface area contributed by atoms with E-state index in [0.717, 1.165) is 24.2 Å². The summed E-state index contributed by atoms with van der Waals surface area (Å²) >= 11 is 3.52. The lowest BCUT2D eigenvalue weighted by molar-refractivity contribution is 0.187. The maximum Gasteiger partial charge on any atom is 0.0511 e. The van der Waals surface area contributed by atoms with Gasteiger partial charge in [0.15, 0.2) is 0 Å². The minimum absolute atomic E-state index is 0.669. The van der Waals surface area contributed by atoms with Crippen molar-refractivity contribution < 1.29 is 4.74 Å². The highest BCUT2D eigenvalue weighted by Gasteiger charge is 2.15. The third kappa shape index (κ3) is 2.77. The Balaban J connectivity index is 2.03. The van der Waals surface area contributed by atoms with Gasteiger partial charge in [0.05, 0.1) is 6.61 Å². The summed E-state index contributed by atoms with van der Waals surface area (Å²) in [5.41, 5.74) is 3.87. The Morgan fingerprint density at radius 2 is 2.06 bits per heavy atom. The van der Waals surface area contributed by atoms with Gasteiger partial charge in [-0.15, -0.1) is 0 Å². The van der Waals surface area contributed by atoms with Gasteiger partial charge in [0, 0.05) is 29.2 Å². The molecule has 0 aromatic heterocycles. The fourth-order valence-corrected chi connectivity index (χ4v) is 2.87. The Kier molecular flexibility index (Phi) is 3.87. The molecule has 0 aliphatic carbocycles. The minimum Gasteiger partial charge on any atom is -0.384 e. The molecule has 1 aromatic rings. The van der Waals surface area contributed by atoms with Crippen LogP contribution < -0.4 is 5.32 Å². The van der Waals surface area contributed by atoms with E-state index < -0.39 is 0 Å². The first-order valence-corrected chi connectivity index (χ1v) is 6.54. The van der Waals surface area contributed by atoms with Crippen molar-refractivity contribution in [2.24, 2.45) is 5.92 Å². The van der Waals surface area contributed by atoms with E-state index in [9.17, 15) is 0 Å². The van der Waals surface area contributed by atoms with E-state index in [1.807, 2.05) is 0 Å². The second-order valence-electron chi connectivity index (χ2n) is 4.53. The number of hydrogen-bond donors (Lipinski definition) is 1. The molecular formula is C13H18BrNO. The molecule has 1 aromatic carbocycles. The molecule has 1 fully saturated rings. The van der Waals surface area contributed by atoms with Gasteiger partial charge in [-0.3, -0.25) is 0 Å². The van der Waals surface area contributed by atoms with Crippen molar-refractivity contribution in [3.63, 3.8) is 0 Å². The molecule has 16 heavy (non-hydrogen) atoms. The maximum absolute atomic E-state index is 5.38. The Morgan fingerprint density at radius 1 is 1.38 bits per heavy atom. The van der Waals surface area contributed by atoms with Gasteiger partial charge in [-0.1, -0.05) is 15.9 Å². The number of anilines is 1. The Hall–Kier alpha value is -0.540. The number of ether oxygens (including phenoxy) is 1. The lowest BCUT2D eigenvalue weighted by Crippen LogP contribution is -2.15. The number of hydrogen-bond acceptors (Lipinski definition) is 2. The second kappa shape index (κ2) is 5.19. The maximum atomic E-state index is 5.38. The van der Waals surface area contributed by atoms with Crippen LogP contribution in [0, 0.1) is 19.8 Å². The molecule has 1 atom stereocenters. The van der Waals surface area contributed by atoms with Gasteiger partial charge in [0.25, 0.3) is 0 Å². The second-order valence-corrected chi connectivity index (χ2v) is 5.44. The summed E-state index contributed by atoms with van der Waals surface area (Å²) in [6.45, 7) is 7.13. The van der Waals surface area contributed by atoms with Crippen LogP contribution in [0.5, 0.6) is 0 Å². The highest BCUT2D eigenvalue weighted by atomic mass is 79.9. The van der Waals surface area contributed by atoms with Crippen LogP contribution in [-0.2, 0) is 4.74 Å². The van der Waals surface area contributed by atoms with Crippen LogP contribution in [0.2, 0.25) is 0 Å². The SMILES string of the molecule is Cc1cc(Br)cc(C)c1NCC1CCOC1. The van der Waals surface area contributed by atoms with E-state index in [4.69, 9.17) is 4.74 Å². The Morgan fingerprint density at radius 3 is 2.62 bits per heavy atom. The van der Waals surface area contributed by atoms with Crippen molar-refractivity contribution in [2.45, 2.75) is 20.3 Å². The fourth-order valence-electron chi connectivity index (χ4n) is 2.18. The molecule has 0 amide bonds.